The van der Waals surface area contributed by atoms with E-state index in [-0.39, 0.29) is 24.9 Å². The molecule has 0 spiro atoms. The van der Waals surface area contributed by atoms with Crippen LogP contribution in [0.15, 0.2) is 12.2 Å². The molecule has 0 saturated heterocycles. The van der Waals surface area contributed by atoms with Crippen molar-refractivity contribution in [1.82, 2.24) is 5.32 Å². The number of allylic oxidation sites excluding steroid dienone is 2. The maximum absolute atomic E-state index is 13.1. The summed E-state index contributed by atoms with van der Waals surface area (Å²) < 4.78 is 5.88. The van der Waals surface area contributed by atoms with Crippen molar-refractivity contribution in [2.75, 3.05) is 6.61 Å². The fourth-order valence-corrected chi connectivity index (χ4v) is 7.26. The number of ether oxygens (including phenoxy) is 1. The summed E-state index contributed by atoms with van der Waals surface area (Å²) in [7, 11) is 0. The molecule has 6 nitrogen and oxygen atoms in total. The summed E-state index contributed by atoms with van der Waals surface area (Å²) in [6.07, 6.45) is 44.2. The number of unbranched alkanes of at least 4 members (excludes halogenated alkanes) is 28. The van der Waals surface area contributed by atoms with Crippen molar-refractivity contribution in [3.8, 4) is 0 Å². The van der Waals surface area contributed by atoms with Crippen LogP contribution in [-0.4, -0.2) is 46.9 Å². The van der Waals surface area contributed by atoms with E-state index in [2.05, 4.69) is 38.2 Å². The third-order valence-electron chi connectivity index (χ3n) is 10.8. The molecule has 0 aromatic carbocycles. The summed E-state index contributed by atoms with van der Waals surface area (Å²) in [5.41, 5.74) is 0. The van der Waals surface area contributed by atoms with E-state index in [4.69, 9.17) is 4.74 Å². The Balaban J connectivity index is 4.44. The Hall–Kier alpha value is -1.40. The summed E-state index contributed by atoms with van der Waals surface area (Å²) in [6, 6.07) is -0.697. The van der Waals surface area contributed by atoms with Crippen LogP contribution in [0.1, 0.15) is 252 Å². The fourth-order valence-electron chi connectivity index (χ4n) is 7.26. The molecule has 0 aliphatic rings. The lowest BCUT2D eigenvalue weighted by atomic mass is 10.0. The molecule has 1 amide bonds. The predicted molar refractivity (Wildman–Crippen MR) is 227 cm³/mol. The average molecular weight is 750 g/mol. The molecule has 0 aliphatic carbocycles. The Morgan fingerprint density at radius 3 is 1.42 bits per heavy atom. The average Bonchev–Trinajstić information content (AvgIpc) is 3.15. The van der Waals surface area contributed by atoms with Gasteiger partial charge in [-0.3, -0.25) is 9.59 Å². The van der Waals surface area contributed by atoms with Crippen molar-refractivity contribution < 1.29 is 24.5 Å². The van der Waals surface area contributed by atoms with E-state index in [1.165, 1.54) is 141 Å². The molecule has 0 rings (SSSR count). The third-order valence-corrected chi connectivity index (χ3v) is 10.8. The smallest absolute Gasteiger partial charge is 0.306 e. The van der Waals surface area contributed by atoms with Crippen LogP contribution < -0.4 is 5.32 Å². The van der Waals surface area contributed by atoms with Gasteiger partial charge in [-0.05, 0) is 44.9 Å². The zero-order valence-corrected chi connectivity index (χ0v) is 35.7. The van der Waals surface area contributed by atoms with Gasteiger partial charge in [-0.1, -0.05) is 206 Å². The van der Waals surface area contributed by atoms with Crippen molar-refractivity contribution in [2.24, 2.45) is 0 Å². The van der Waals surface area contributed by atoms with Crippen LogP contribution in [0.25, 0.3) is 0 Å². The molecule has 0 heterocycles. The van der Waals surface area contributed by atoms with Crippen LogP contribution in [-0.2, 0) is 14.3 Å². The van der Waals surface area contributed by atoms with Crippen molar-refractivity contribution >= 4 is 11.9 Å². The second kappa shape index (κ2) is 41.8. The summed E-state index contributed by atoms with van der Waals surface area (Å²) in [5, 5.41) is 23.6. The van der Waals surface area contributed by atoms with Gasteiger partial charge in [0.15, 0.2) is 0 Å². The van der Waals surface area contributed by atoms with Gasteiger partial charge in [-0.25, -0.2) is 0 Å². The number of amides is 1. The monoisotopic (exact) mass is 750 g/mol. The molecule has 0 bridgehead atoms. The first-order valence-electron chi connectivity index (χ1n) is 23.4. The molecule has 0 aliphatic heterocycles. The summed E-state index contributed by atoms with van der Waals surface area (Å²) >= 11 is 0. The van der Waals surface area contributed by atoms with E-state index < -0.39 is 18.2 Å². The first-order valence-corrected chi connectivity index (χ1v) is 23.4. The SMILES string of the molecule is CCC/C=C\CCCCCC(CC(=O)NC(CO)C(O)CCCCCCCCCCCCCC)OC(=O)CCCCCCCCCCCCCCCC. The van der Waals surface area contributed by atoms with E-state index in [1.54, 1.807) is 0 Å². The van der Waals surface area contributed by atoms with Gasteiger partial charge in [-0.2, -0.15) is 0 Å². The zero-order chi connectivity index (χ0) is 38.9. The molecule has 3 N–H and O–H groups in total. The Bertz CT molecular complexity index is 802. The lowest BCUT2D eigenvalue weighted by Crippen LogP contribution is -2.46. The Morgan fingerprint density at radius 1 is 0.528 bits per heavy atom. The van der Waals surface area contributed by atoms with Gasteiger partial charge in [0.05, 0.1) is 25.2 Å². The molecule has 0 aromatic heterocycles. The van der Waals surface area contributed by atoms with Crippen molar-refractivity contribution in [3.05, 3.63) is 12.2 Å². The maximum Gasteiger partial charge on any atom is 0.306 e. The maximum atomic E-state index is 13.1. The van der Waals surface area contributed by atoms with Crippen LogP contribution in [0.2, 0.25) is 0 Å². The molecule has 0 radical (unpaired) electrons. The van der Waals surface area contributed by atoms with Gasteiger partial charge < -0.3 is 20.3 Å². The van der Waals surface area contributed by atoms with Gasteiger partial charge in [-0.15, -0.1) is 0 Å². The van der Waals surface area contributed by atoms with E-state index in [1.807, 2.05) is 0 Å². The number of hydrogen-bond donors (Lipinski definition) is 3. The molecular formula is C47H91NO5. The molecule has 3 unspecified atom stereocenters. The van der Waals surface area contributed by atoms with Crippen LogP contribution in [0, 0.1) is 0 Å². The topological polar surface area (TPSA) is 95.9 Å². The van der Waals surface area contributed by atoms with Crippen LogP contribution >= 0.6 is 0 Å². The largest absolute Gasteiger partial charge is 0.462 e. The van der Waals surface area contributed by atoms with E-state index in [0.717, 1.165) is 64.2 Å². The van der Waals surface area contributed by atoms with Gasteiger partial charge in [0.2, 0.25) is 5.91 Å². The minimum Gasteiger partial charge on any atom is -0.462 e. The van der Waals surface area contributed by atoms with E-state index in [0.29, 0.717) is 19.3 Å². The Kier molecular flexibility index (Phi) is 40.7. The lowest BCUT2D eigenvalue weighted by Gasteiger charge is -2.24. The van der Waals surface area contributed by atoms with E-state index in [9.17, 15) is 19.8 Å². The van der Waals surface area contributed by atoms with Crippen LogP contribution in [0.4, 0.5) is 0 Å². The van der Waals surface area contributed by atoms with Gasteiger partial charge >= 0.3 is 5.97 Å². The van der Waals surface area contributed by atoms with Crippen molar-refractivity contribution in [3.63, 3.8) is 0 Å². The minimum atomic E-state index is -0.783. The second-order valence-electron chi connectivity index (χ2n) is 16.2. The standard InChI is InChI=1S/C47H91NO5/c1-4-7-10-13-16-19-21-23-24-26-28-31-34-37-40-47(52)53-43(38-35-32-29-18-15-12-9-6-3)41-46(51)48-44(42-49)45(50)39-36-33-30-27-25-22-20-17-14-11-8-5-2/h12,15,43-45,49-50H,4-11,13-14,16-42H2,1-3H3,(H,48,51)/b15-12-. The van der Waals surface area contributed by atoms with Gasteiger partial charge in [0, 0.05) is 6.42 Å². The predicted octanol–water partition coefficient (Wildman–Crippen LogP) is 13.4. The molecule has 0 fully saturated rings. The lowest BCUT2D eigenvalue weighted by molar-refractivity contribution is -0.151. The first kappa shape index (κ1) is 51.6. The minimum absolute atomic E-state index is 0.0721. The first-order chi connectivity index (χ1) is 26.0. The fraction of sp³-hybridized carbons (Fsp3) is 0.915. The number of aliphatic hydroxyl groups is 2. The van der Waals surface area contributed by atoms with Crippen LogP contribution in [0.3, 0.4) is 0 Å². The third kappa shape index (κ3) is 37.3. The molecule has 3 atom stereocenters. The number of esters is 1. The molecular weight excluding hydrogens is 659 g/mol. The van der Waals surface area contributed by atoms with Crippen molar-refractivity contribution in [1.29, 1.82) is 0 Å². The highest BCUT2D eigenvalue weighted by atomic mass is 16.5. The zero-order valence-electron chi connectivity index (χ0n) is 35.7. The van der Waals surface area contributed by atoms with Crippen LogP contribution in [0.5, 0.6) is 0 Å². The number of carbonyl (C=O) groups is 2. The number of hydrogen-bond acceptors (Lipinski definition) is 5. The number of nitrogens with one attached hydrogen (secondary N) is 1. The van der Waals surface area contributed by atoms with E-state index >= 15 is 0 Å². The second-order valence-corrected chi connectivity index (χ2v) is 16.2. The molecule has 6 heteroatoms. The normalized spacial score (nSPS) is 13.4. The Morgan fingerprint density at radius 2 is 0.943 bits per heavy atom. The highest BCUT2D eigenvalue weighted by molar-refractivity contribution is 5.77. The number of carbonyl (C=O) groups excluding carboxylic acids is 2. The highest BCUT2D eigenvalue weighted by Gasteiger charge is 2.24. The Labute approximate surface area is 329 Å². The number of rotatable bonds is 42. The van der Waals surface area contributed by atoms with Gasteiger partial charge in [0.25, 0.3) is 0 Å². The highest BCUT2D eigenvalue weighted by Crippen LogP contribution is 2.18. The molecule has 0 aromatic rings. The molecule has 314 valence electrons. The summed E-state index contributed by atoms with van der Waals surface area (Å²) in [6.45, 7) is 6.41. The molecule has 0 saturated carbocycles. The molecule has 53 heavy (non-hydrogen) atoms. The van der Waals surface area contributed by atoms with Crippen molar-refractivity contribution in [2.45, 2.75) is 270 Å². The quantitative estimate of drug-likeness (QED) is 0.0328. The van der Waals surface area contributed by atoms with Gasteiger partial charge in [0.1, 0.15) is 6.10 Å². The summed E-state index contributed by atoms with van der Waals surface area (Å²) in [5.74, 6) is -0.482. The number of aliphatic hydroxyl groups excluding tert-OH is 2. The summed E-state index contributed by atoms with van der Waals surface area (Å²) in [4.78, 5) is 25.9.